The number of pyridine rings is 1. The van der Waals surface area contributed by atoms with Gasteiger partial charge >= 0.3 is 29.6 Å². The fraction of sp³-hybridized carbons (Fsp3) is 0.154. The first-order valence-electron chi connectivity index (χ1n) is 5.07. The van der Waals surface area contributed by atoms with Gasteiger partial charge in [0.1, 0.15) is 5.75 Å². The Morgan fingerprint density at radius 3 is 2.33 bits per heavy atom. The molecule has 0 aliphatic rings. The average Bonchev–Trinajstić information content (AvgIpc) is 2.41. The minimum atomic E-state index is 0. The number of phenolic OH excluding ortho intramolecular Hbond substituents is 1. The summed E-state index contributed by atoms with van der Waals surface area (Å²) in [6.45, 7) is 0. The van der Waals surface area contributed by atoms with Gasteiger partial charge in [0.25, 0.3) is 0 Å². The Kier molecular flexibility index (Phi) is 10.1. The summed E-state index contributed by atoms with van der Waals surface area (Å²) < 4.78 is 0. The summed E-state index contributed by atoms with van der Waals surface area (Å²) in [5.41, 5.74) is 1.21. The molecule has 18 heavy (non-hydrogen) atoms. The summed E-state index contributed by atoms with van der Waals surface area (Å²) in [4.78, 5) is 4.87. The van der Waals surface area contributed by atoms with Gasteiger partial charge in [-0.2, -0.15) is 7.11 Å². The molecule has 0 spiro atoms. The van der Waals surface area contributed by atoms with Gasteiger partial charge in [-0.1, -0.05) is 12.1 Å². The molecule has 0 unspecified atom stereocenters. The van der Waals surface area contributed by atoms with Gasteiger partial charge in [-0.05, 0) is 29.8 Å². The zero-order valence-corrected chi connectivity index (χ0v) is 13.4. The molecule has 2 rings (SSSR count). The van der Waals surface area contributed by atoms with E-state index in [9.17, 15) is 5.11 Å². The molecule has 0 aliphatic carbocycles. The normalized spacial score (nSPS) is 8.78. The molecule has 1 N–H and O–H groups in total. The SMILES string of the molecule is C[O-].Oc1ccccc1SCc1ccncc1.[Na+]. The standard InChI is InChI=1S/C12H11NOS.CH3O.Na/c14-11-3-1-2-4-12(11)15-9-10-5-7-13-8-6-10;1-2;/h1-8,14H,9H2;1H3;/q;-1;+1. The van der Waals surface area contributed by atoms with E-state index in [2.05, 4.69) is 4.98 Å². The van der Waals surface area contributed by atoms with Crippen molar-refractivity contribution in [3.63, 3.8) is 0 Å². The van der Waals surface area contributed by atoms with Crippen LogP contribution in [0.4, 0.5) is 0 Å². The predicted molar refractivity (Wildman–Crippen MR) is 67.8 cm³/mol. The van der Waals surface area contributed by atoms with Crippen LogP contribution in [0.3, 0.4) is 0 Å². The number of aromatic nitrogens is 1. The van der Waals surface area contributed by atoms with E-state index < -0.39 is 0 Å². The number of phenols is 1. The van der Waals surface area contributed by atoms with Crippen molar-refractivity contribution in [2.24, 2.45) is 0 Å². The molecular weight excluding hydrogens is 257 g/mol. The molecule has 0 bridgehead atoms. The van der Waals surface area contributed by atoms with Crippen LogP contribution in [0, 0.1) is 0 Å². The molecule has 0 saturated carbocycles. The number of hydrogen-bond acceptors (Lipinski definition) is 4. The minimum absolute atomic E-state index is 0. The first kappa shape index (κ1) is 17.5. The van der Waals surface area contributed by atoms with Crippen LogP contribution in [0.15, 0.2) is 53.7 Å². The Bertz CT molecular complexity index is 440. The third kappa shape index (κ3) is 5.89. The van der Waals surface area contributed by atoms with Crippen molar-refractivity contribution in [3.8, 4) is 5.75 Å². The first-order chi connectivity index (χ1) is 8.36. The third-order valence-electron chi connectivity index (χ3n) is 2.01. The van der Waals surface area contributed by atoms with Crippen LogP contribution in [0.2, 0.25) is 0 Å². The molecule has 5 heteroatoms. The van der Waals surface area contributed by atoms with E-state index in [4.69, 9.17) is 5.11 Å². The Labute approximate surface area is 134 Å². The minimum Gasteiger partial charge on any atom is -0.857 e. The summed E-state index contributed by atoms with van der Waals surface area (Å²) in [5.74, 6) is 1.19. The quantitative estimate of drug-likeness (QED) is 0.578. The second kappa shape index (κ2) is 10.4. The number of benzene rings is 1. The zero-order chi connectivity index (χ0) is 12.5. The molecule has 0 saturated heterocycles. The summed E-state index contributed by atoms with van der Waals surface area (Å²) in [6.07, 6.45) is 3.56. The Morgan fingerprint density at radius 2 is 1.72 bits per heavy atom. The molecule has 2 aromatic rings. The Morgan fingerprint density at radius 1 is 1.11 bits per heavy atom. The summed E-state index contributed by atoms with van der Waals surface area (Å²) in [6, 6.07) is 11.3. The molecule has 1 aromatic carbocycles. The van der Waals surface area contributed by atoms with E-state index in [1.807, 2.05) is 30.3 Å². The van der Waals surface area contributed by atoms with Crippen molar-refractivity contribution in [3.05, 3.63) is 54.4 Å². The van der Waals surface area contributed by atoms with E-state index in [1.54, 1.807) is 30.2 Å². The molecule has 0 amide bonds. The molecule has 1 heterocycles. The van der Waals surface area contributed by atoms with Crippen molar-refractivity contribution in [1.29, 1.82) is 0 Å². The van der Waals surface area contributed by atoms with Crippen LogP contribution in [0.1, 0.15) is 5.56 Å². The van der Waals surface area contributed by atoms with Crippen LogP contribution in [0.25, 0.3) is 0 Å². The van der Waals surface area contributed by atoms with Gasteiger partial charge in [-0.15, -0.1) is 11.8 Å². The molecular formula is C13H14NNaO2S. The van der Waals surface area contributed by atoms with Gasteiger partial charge in [0.15, 0.2) is 0 Å². The summed E-state index contributed by atoms with van der Waals surface area (Å²) in [7, 11) is 0.750. The Hall–Kier alpha value is -0.520. The maximum atomic E-state index is 9.56. The number of rotatable bonds is 3. The van der Waals surface area contributed by atoms with Gasteiger partial charge in [0, 0.05) is 23.0 Å². The maximum Gasteiger partial charge on any atom is 1.00 e. The fourth-order valence-corrected chi connectivity index (χ4v) is 2.12. The van der Waals surface area contributed by atoms with Crippen LogP contribution >= 0.6 is 11.8 Å². The monoisotopic (exact) mass is 271 g/mol. The fourth-order valence-electron chi connectivity index (χ4n) is 1.22. The van der Waals surface area contributed by atoms with E-state index >= 15 is 0 Å². The molecule has 3 nitrogen and oxygen atoms in total. The maximum absolute atomic E-state index is 9.56. The van der Waals surface area contributed by atoms with Gasteiger partial charge in [0.2, 0.25) is 0 Å². The van der Waals surface area contributed by atoms with E-state index in [-0.39, 0.29) is 29.6 Å². The molecule has 1 aromatic heterocycles. The van der Waals surface area contributed by atoms with Crippen LogP contribution < -0.4 is 34.7 Å². The second-order valence-electron chi connectivity index (χ2n) is 3.11. The number of hydrogen-bond donors (Lipinski definition) is 1. The van der Waals surface area contributed by atoms with Crippen LogP contribution in [-0.2, 0) is 5.75 Å². The molecule has 0 fully saturated rings. The van der Waals surface area contributed by atoms with Gasteiger partial charge < -0.3 is 10.2 Å². The molecule has 0 radical (unpaired) electrons. The van der Waals surface area contributed by atoms with Gasteiger partial charge in [0.05, 0.1) is 0 Å². The van der Waals surface area contributed by atoms with Gasteiger partial charge in [-0.3, -0.25) is 4.98 Å². The number of aromatic hydroxyl groups is 1. The predicted octanol–water partition coefficient (Wildman–Crippen LogP) is -0.940. The van der Waals surface area contributed by atoms with Crippen LogP contribution in [-0.4, -0.2) is 17.2 Å². The zero-order valence-electron chi connectivity index (χ0n) is 10.5. The van der Waals surface area contributed by atoms with Crippen molar-refractivity contribution in [2.45, 2.75) is 10.6 Å². The summed E-state index contributed by atoms with van der Waals surface area (Å²) >= 11 is 1.62. The van der Waals surface area contributed by atoms with Crippen molar-refractivity contribution in [1.82, 2.24) is 4.98 Å². The number of nitrogens with zero attached hydrogens (tertiary/aromatic N) is 1. The molecule has 0 atom stereocenters. The van der Waals surface area contributed by atoms with E-state index in [0.29, 0.717) is 5.75 Å². The second-order valence-corrected chi connectivity index (χ2v) is 4.13. The number of thioether (sulfide) groups is 1. The van der Waals surface area contributed by atoms with E-state index in [0.717, 1.165) is 17.8 Å². The molecule has 90 valence electrons. The topological polar surface area (TPSA) is 56.2 Å². The molecule has 0 aliphatic heterocycles. The number of para-hydroxylation sites is 1. The smallest absolute Gasteiger partial charge is 0.857 e. The first-order valence-corrected chi connectivity index (χ1v) is 6.05. The van der Waals surface area contributed by atoms with Gasteiger partial charge in [-0.25, -0.2) is 0 Å². The van der Waals surface area contributed by atoms with Crippen molar-refractivity contribution in [2.75, 3.05) is 7.11 Å². The Balaban J connectivity index is 0.000000917. The van der Waals surface area contributed by atoms with Crippen molar-refractivity contribution >= 4 is 11.8 Å². The summed E-state index contributed by atoms with van der Waals surface area (Å²) in [5, 5.41) is 17.8. The van der Waals surface area contributed by atoms with E-state index in [1.165, 1.54) is 5.56 Å². The third-order valence-corrected chi connectivity index (χ3v) is 3.14. The average molecular weight is 271 g/mol. The van der Waals surface area contributed by atoms with Crippen LogP contribution in [0.5, 0.6) is 5.75 Å². The van der Waals surface area contributed by atoms with Crippen molar-refractivity contribution < 1.29 is 39.8 Å². The largest absolute Gasteiger partial charge is 1.00 e.